The molecule has 2 heteroatoms. The van der Waals surface area contributed by atoms with Crippen LogP contribution in [-0.2, 0) is 0 Å². The van der Waals surface area contributed by atoms with Crippen LogP contribution in [0.2, 0.25) is 0 Å². The van der Waals surface area contributed by atoms with Crippen LogP contribution in [0.3, 0.4) is 0 Å². The van der Waals surface area contributed by atoms with Crippen molar-refractivity contribution in [1.29, 1.82) is 0 Å². The molecular formula is C12H21NS. The Hall–Kier alpha value is -0.370. The number of hydrogen-bond acceptors (Lipinski definition) is 2. The molecule has 0 aromatic carbocycles. The van der Waals surface area contributed by atoms with Gasteiger partial charge in [0.1, 0.15) is 0 Å². The van der Waals surface area contributed by atoms with E-state index in [2.05, 4.69) is 51.1 Å². The molecule has 1 aliphatic rings. The highest BCUT2D eigenvalue weighted by Gasteiger charge is 2.35. The van der Waals surface area contributed by atoms with E-state index >= 15 is 0 Å². The molecule has 1 heterocycles. The fraction of sp³-hybridized carbons (Fsp3) is 0.667. The molecule has 1 saturated heterocycles. The van der Waals surface area contributed by atoms with E-state index in [4.69, 9.17) is 0 Å². The second-order valence-electron chi connectivity index (χ2n) is 4.10. The zero-order chi connectivity index (χ0) is 10.7. The molecule has 0 bridgehead atoms. The Balaban J connectivity index is 2.36. The highest BCUT2D eigenvalue weighted by molar-refractivity contribution is 7.80. The van der Waals surface area contributed by atoms with Crippen molar-refractivity contribution in [2.24, 2.45) is 5.92 Å². The lowest BCUT2D eigenvalue weighted by Gasteiger charge is -2.48. The monoisotopic (exact) mass is 211 g/mol. The van der Waals surface area contributed by atoms with Gasteiger partial charge in [-0.05, 0) is 19.8 Å². The number of allylic oxidation sites excluding steroid dienone is 1. The standard InChI is InChI=1S/C12H21NS/c1-5-11(8-14)6-7-12-9(2)10(3)13(12)4/h5,9,12,14H,3,6-8H2,1-2,4H3/b11-5-. The third kappa shape index (κ3) is 2.17. The lowest BCUT2D eigenvalue weighted by Crippen LogP contribution is -2.49. The van der Waals surface area contributed by atoms with E-state index in [0.29, 0.717) is 12.0 Å². The molecular weight excluding hydrogens is 190 g/mol. The number of nitrogens with zero attached hydrogens (tertiary/aromatic N) is 1. The Labute approximate surface area is 93.3 Å². The third-order valence-corrected chi connectivity index (χ3v) is 3.83. The molecule has 0 aromatic rings. The fourth-order valence-electron chi connectivity index (χ4n) is 2.10. The van der Waals surface area contributed by atoms with Crippen molar-refractivity contribution < 1.29 is 0 Å². The summed E-state index contributed by atoms with van der Waals surface area (Å²) in [6.07, 6.45) is 4.59. The SMILES string of the molecule is C=C1C(C)C(CC/C(=C/C)CS)N1C. The normalized spacial score (nSPS) is 27.9. The summed E-state index contributed by atoms with van der Waals surface area (Å²) in [5.41, 5.74) is 2.73. The molecule has 0 saturated carbocycles. The second kappa shape index (κ2) is 4.92. The van der Waals surface area contributed by atoms with Gasteiger partial charge in [0.15, 0.2) is 0 Å². The summed E-state index contributed by atoms with van der Waals surface area (Å²) in [5.74, 6) is 1.56. The van der Waals surface area contributed by atoms with Gasteiger partial charge in [0.05, 0.1) is 0 Å². The lowest BCUT2D eigenvalue weighted by atomic mass is 9.83. The number of likely N-dealkylation sites (tertiary alicyclic amines) is 1. The van der Waals surface area contributed by atoms with Crippen LogP contribution in [0.4, 0.5) is 0 Å². The predicted octanol–water partition coefficient (Wildman–Crippen LogP) is 3.11. The molecule has 1 aliphatic heterocycles. The topological polar surface area (TPSA) is 3.24 Å². The Bertz CT molecular complexity index is 233. The zero-order valence-corrected chi connectivity index (χ0v) is 10.3. The average molecular weight is 211 g/mol. The van der Waals surface area contributed by atoms with Gasteiger partial charge < -0.3 is 4.90 Å². The largest absolute Gasteiger partial charge is 0.374 e. The van der Waals surface area contributed by atoms with Crippen LogP contribution >= 0.6 is 12.6 Å². The van der Waals surface area contributed by atoms with E-state index in [1.807, 2.05) is 0 Å². The Kier molecular flexibility index (Phi) is 4.11. The van der Waals surface area contributed by atoms with E-state index < -0.39 is 0 Å². The summed E-state index contributed by atoms with van der Waals surface area (Å²) in [6.45, 7) is 8.40. The first kappa shape index (κ1) is 11.7. The van der Waals surface area contributed by atoms with Crippen LogP contribution in [0.1, 0.15) is 26.7 Å². The lowest BCUT2D eigenvalue weighted by molar-refractivity contribution is 0.117. The molecule has 1 fully saturated rings. The molecule has 0 spiro atoms. The first-order valence-electron chi connectivity index (χ1n) is 5.28. The van der Waals surface area contributed by atoms with Crippen LogP contribution in [0, 0.1) is 5.92 Å². The van der Waals surface area contributed by atoms with Gasteiger partial charge in [-0.1, -0.05) is 25.2 Å². The van der Waals surface area contributed by atoms with E-state index in [-0.39, 0.29) is 0 Å². The molecule has 2 unspecified atom stereocenters. The van der Waals surface area contributed by atoms with Gasteiger partial charge >= 0.3 is 0 Å². The van der Waals surface area contributed by atoms with Gasteiger partial charge in [-0.25, -0.2) is 0 Å². The third-order valence-electron chi connectivity index (χ3n) is 3.43. The van der Waals surface area contributed by atoms with Crippen LogP contribution in [-0.4, -0.2) is 23.7 Å². The Morgan fingerprint density at radius 2 is 2.29 bits per heavy atom. The average Bonchev–Trinajstić information content (AvgIpc) is 2.23. The summed E-state index contributed by atoms with van der Waals surface area (Å²) in [4.78, 5) is 2.30. The minimum atomic E-state index is 0.665. The van der Waals surface area contributed by atoms with Crippen LogP contribution < -0.4 is 0 Å². The zero-order valence-electron chi connectivity index (χ0n) is 9.45. The fourth-order valence-corrected chi connectivity index (χ4v) is 2.44. The molecule has 0 N–H and O–H groups in total. The first-order valence-corrected chi connectivity index (χ1v) is 5.91. The maximum atomic E-state index is 4.31. The van der Waals surface area contributed by atoms with Crippen molar-refractivity contribution in [2.75, 3.05) is 12.8 Å². The minimum Gasteiger partial charge on any atom is -0.374 e. The number of rotatable bonds is 4. The maximum Gasteiger partial charge on any atom is 0.0366 e. The second-order valence-corrected chi connectivity index (χ2v) is 4.42. The first-order chi connectivity index (χ1) is 6.61. The van der Waals surface area contributed by atoms with E-state index in [0.717, 1.165) is 5.75 Å². The smallest absolute Gasteiger partial charge is 0.0366 e. The molecule has 80 valence electrons. The molecule has 0 aliphatic carbocycles. The molecule has 0 radical (unpaired) electrons. The van der Waals surface area contributed by atoms with Crippen molar-refractivity contribution in [1.82, 2.24) is 4.90 Å². The molecule has 1 nitrogen and oxygen atoms in total. The molecule has 2 atom stereocenters. The van der Waals surface area contributed by atoms with Crippen molar-refractivity contribution >= 4 is 12.6 Å². The maximum absolute atomic E-state index is 4.31. The van der Waals surface area contributed by atoms with Gasteiger partial charge in [-0.3, -0.25) is 0 Å². The quantitative estimate of drug-likeness (QED) is 0.552. The van der Waals surface area contributed by atoms with Crippen molar-refractivity contribution in [3.05, 3.63) is 23.9 Å². The minimum absolute atomic E-state index is 0.665. The number of thiol groups is 1. The van der Waals surface area contributed by atoms with Gasteiger partial charge in [0, 0.05) is 30.5 Å². The molecule has 1 rings (SSSR count). The van der Waals surface area contributed by atoms with Crippen molar-refractivity contribution in [2.45, 2.75) is 32.7 Å². The van der Waals surface area contributed by atoms with Crippen LogP contribution in [0.15, 0.2) is 23.9 Å². The van der Waals surface area contributed by atoms with Crippen molar-refractivity contribution in [3.63, 3.8) is 0 Å². The van der Waals surface area contributed by atoms with E-state index in [1.165, 1.54) is 24.1 Å². The van der Waals surface area contributed by atoms with E-state index in [1.54, 1.807) is 0 Å². The Morgan fingerprint density at radius 3 is 2.71 bits per heavy atom. The summed E-state index contributed by atoms with van der Waals surface area (Å²) >= 11 is 4.31. The van der Waals surface area contributed by atoms with Crippen LogP contribution in [0.25, 0.3) is 0 Å². The highest BCUT2D eigenvalue weighted by Crippen LogP contribution is 2.36. The van der Waals surface area contributed by atoms with E-state index in [9.17, 15) is 0 Å². The molecule has 14 heavy (non-hydrogen) atoms. The van der Waals surface area contributed by atoms with Crippen molar-refractivity contribution in [3.8, 4) is 0 Å². The van der Waals surface area contributed by atoms with Gasteiger partial charge in [0.25, 0.3) is 0 Å². The molecule has 0 amide bonds. The Morgan fingerprint density at radius 1 is 1.64 bits per heavy atom. The molecule has 0 aromatic heterocycles. The van der Waals surface area contributed by atoms with Gasteiger partial charge in [-0.15, -0.1) is 0 Å². The highest BCUT2D eigenvalue weighted by atomic mass is 32.1. The summed E-state index contributed by atoms with van der Waals surface area (Å²) in [7, 11) is 2.14. The van der Waals surface area contributed by atoms with Gasteiger partial charge in [-0.2, -0.15) is 12.6 Å². The number of hydrogen-bond donors (Lipinski definition) is 1. The predicted molar refractivity (Wildman–Crippen MR) is 66.7 cm³/mol. The van der Waals surface area contributed by atoms with Crippen LogP contribution in [0.5, 0.6) is 0 Å². The summed E-state index contributed by atoms with van der Waals surface area (Å²) in [6, 6.07) is 0.692. The summed E-state index contributed by atoms with van der Waals surface area (Å²) in [5, 5.41) is 0. The summed E-state index contributed by atoms with van der Waals surface area (Å²) < 4.78 is 0. The van der Waals surface area contributed by atoms with Gasteiger partial charge in [0.2, 0.25) is 0 Å².